The van der Waals surface area contributed by atoms with Crippen LogP contribution in [0.1, 0.15) is 37.9 Å². The smallest absolute Gasteiger partial charge is 0.304 e. The number of aliphatic carboxylic acids is 1. The summed E-state index contributed by atoms with van der Waals surface area (Å²) in [5.41, 5.74) is 0. The molecular formula is C15H22N2O4. The lowest BCUT2D eigenvalue weighted by Gasteiger charge is -2.21. The summed E-state index contributed by atoms with van der Waals surface area (Å²) < 4.78 is 5.27. The van der Waals surface area contributed by atoms with Crippen molar-refractivity contribution in [2.75, 3.05) is 13.1 Å². The summed E-state index contributed by atoms with van der Waals surface area (Å²) in [6.45, 7) is 0.969. The van der Waals surface area contributed by atoms with Crippen LogP contribution in [0.2, 0.25) is 0 Å². The van der Waals surface area contributed by atoms with Gasteiger partial charge in [0.15, 0.2) is 0 Å². The molecule has 0 unspecified atom stereocenters. The minimum atomic E-state index is -0.865. The highest BCUT2D eigenvalue weighted by molar-refractivity contribution is 5.78. The van der Waals surface area contributed by atoms with Gasteiger partial charge in [-0.15, -0.1) is 0 Å². The predicted molar refractivity (Wildman–Crippen MR) is 76.6 cm³/mol. The number of carboxylic acid groups (broad SMARTS) is 1. The van der Waals surface area contributed by atoms with Crippen molar-refractivity contribution in [3.8, 4) is 0 Å². The molecule has 0 spiro atoms. The summed E-state index contributed by atoms with van der Waals surface area (Å²) in [7, 11) is 0. The number of carboxylic acids is 1. The zero-order valence-electron chi connectivity index (χ0n) is 12.1. The number of amides is 1. The van der Waals surface area contributed by atoms with Gasteiger partial charge in [0.2, 0.25) is 5.91 Å². The first-order valence-electron chi connectivity index (χ1n) is 7.39. The first-order valence-corrected chi connectivity index (χ1v) is 7.39. The van der Waals surface area contributed by atoms with E-state index in [4.69, 9.17) is 9.52 Å². The lowest BCUT2D eigenvalue weighted by atomic mass is 10.2. The minimum Gasteiger partial charge on any atom is -0.481 e. The Labute approximate surface area is 124 Å². The van der Waals surface area contributed by atoms with E-state index < -0.39 is 5.97 Å². The Morgan fingerprint density at radius 2 is 2.14 bits per heavy atom. The van der Waals surface area contributed by atoms with Gasteiger partial charge in [0.05, 0.1) is 25.8 Å². The molecule has 116 valence electrons. The lowest BCUT2D eigenvalue weighted by molar-refractivity contribution is -0.138. The molecule has 0 bridgehead atoms. The molecule has 0 radical (unpaired) electrons. The van der Waals surface area contributed by atoms with Crippen LogP contribution in [-0.2, 0) is 16.1 Å². The number of nitrogens with zero attached hydrogens (tertiary/aromatic N) is 1. The molecule has 6 heteroatoms. The topological polar surface area (TPSA) is 82.8 Å². The summed E-state index contributed by atoms with van der Waals surface area (Å²) in [5.74, 6) is -0.177. The molecule has 0 saturated heterocycles. The molecule has 6 nitrogen and oxygen atoms in total. The highest BCUT2D eigenvalue weighted by atomic mass is 16.4. The van der Waals surface area contributed by atoms with Gasteiger partial charge in [0, 0.05) is 12.6 Å². The van der Waals surface area contributed by atoms with Crippen LogP contribution < -0.4 is 5.32 Å². The molecule has 1 aliphatic carbocycles. The van der Waals surface area contributed by atoms with Crippen LogP contribution in [0.25, 0.3) is 0 Å². The Hall–Kier alpha value is -1.82. The average molecular weight is 294 g/mol. The maximum Gasteiger partial charge on any atom is 0.304 e. The van der Waals surface area contributed by atoms with Gasteiger partial charge >= 0.3 is 5.97 Å². The Morgan fingerprint density at radius 3 is 2.76 bits per heavy atom. The van der Waals surface area contributed by atoms with Gasteiger partial charge in [-0.2, -0.15) is 0 Å². The molecular weight excluding hydrogens is 272 g/mol. The number of hydrogen-bond donors (Lipinski definition) is 2. The molecule has 0 aromatic carbocycles. The zero-order chi connectivity index (χ0) is 15.1. The van der Waals surface area contributed by atoms with Crippen LogP contribution in [0.4, 0.5) is 0 Å². The predicted octanol–water partition coefficient (Wildman–Crippen LogP) is 1.62. The normalized spacial score (nSPS) is 15.5. The number of rotatable bonds is 8. The molecule has 1 fully saturated rings. The first-order chi connectivity index (χ1) is 10.1. The molecule has 1 aliphatic rings. The second-order valence-corrected chi connectivity index (χ2v) is 5.48. The number of carbonyl (C=O) groups excluding carboxylic acids is 1. The highest BCUT2D eigenvalue weighted by Gasteiger charge is 2.19. The van der Waals surface area contributed by atoms with Crippen LogP contribution in [0.3, 0.4) is 0 Å². The van der Waals surface area contributed by atoms with E-state index in [0.717, 1.165) is 18.6 Å². The van der Waals surface area contributed by atoms with Crippen LogP contribution in [0.15, 0.2) is 22.8 Å². The van der Waals surface area contributed by atoms with E-state index in [1.807, 2.05) is 6.07 Å². The quantitative estimate of drug-likeness (QED) is 0.761. The number of hydrogen-bond acceptors (Lipinski definition) is 4. The Kier molecular flexibility index (Phi) is 5.80. The van der Waals surface area contributed by atoms with Gasteiger partial charge in [-0.25, -0.2) is 0 Å². The van der Waals surface area contributed by atoms with Crippen molar-refractivity contribution in [2.24, 2.45) is 0 Å². The largest absolute Gasteiger partial charge is 0.481 e. The summed E-state index contributed by atoms with van der Waals surface area (Å²) in [6, 6.07) is 3.88. The van der Waals surface area contributed by atoms with Crippen LogP contribution in [0, 0.1) is 0 Å². The summed E-state index contributed by atoms with van der Waals surface area (Å²) in [4.78, 5) is 24.6. The Morgan fingerprint density at radius 1 is 1.38 bits per heavy atom. The molecule has 1 heterocycles. The van der Waals surface area contributed by atoms with Crippen molar-refractivity contribution >= 4 is 11.9 Å². The van der Waals surface area contributed by atoms with Crippen molar-refractivity contribution < 1.29 is 19.1 Å². The second-order valence-electron chi connectivity index (χ2n) is 5.48. The van der Waals surface area contributed by atoms with E-state index in [9.17, 15) is 9.59 Å². The third kappa shape index (κ3) is 5.59. The van der Waals surface area contributed by atoms with Crippen molar-refractivity contribution in [1.82, 2.24) is 10.2 Å². The fourth-order valence-electron chi connectivity index (χ4n) is 2.64. The molecule has 0 aliphatic heterocycles. The maximum atomic E-state index is 12.1. The second kappa shape index (κ2) is 7.83. The molecule has 2 N–H and O–H groups in total. The standard InChI is InChI=1S/C15H22N2O4/c18-14(16-12-4-1-2-5-12)11-17(8-7-15(19)20)10-13-6-3-9-21-13/h3,6,9,12H,1-2,4-5,7-8,10-11H2,(H,16,18)(H,19,20). The van der Waals surface area contributed by atoms with E-state index in [-0.39, 0.29) is 24.9 Å². The van der Waals surface area contributed by atoms with Crippen molar-refractivity contribution in [3.05, 3.63) is 24.2 Å². The van der Waals surface area contributed by atoms with Gasteiger partial charge in [0.1, 0.15) is 5.76 Å². The molecule has 1 aromatic heterocycles. The van der Waals surface area contributed by atoms with Gasteiger partial charge in [-0.1, -0.05) is 12.8 Å². The highest BCUT2D eigenvalue weighted by Crippen LogP contribution is 2.17. The van der Waals surface area contributed by atoms with E-state index in [0.29, 0.717) is 13.1 Å². The van der Waals surface area contributed by atoms with Crippen LogP contribution in [0.5, 0.6) is 0 Å². The molecule has 1 saturated carbocycles. The van der Waals surface area contributed by atoms with Gasteiger partial charge in [-0.05, 0) is 25.0 Å². The third-order valence-electron chi connectivity index (χ3n) is 3.69. The van der Waals surface area contributed by atoms with Crippen LogP contribution >= 0.6 is 0 Å². The fourth-order valence-corrected chi connectivity index (χ4v) is 2.64. The van der Waals surface area contributed by atoms with E-state index >= 15 is 0 Å². The number of nitrogens with one attached hydrogen (secondary N) is 1. The summed E-state index contributed by atoms with van der Waals surface area (Å²) in [5, 5.41) is 11.8. The number of carbonyl (C=O) groups is 2. The minimum absolute atomic E-state index is 0.0113. The van der Waals surface area contributed by atoms with Crippen molar-refractivity contribution in [3.63, 3.8) is 0 Å². The van der Waals surface area contributed by atoms with Crippen molar-refractivity contribution in [2.45, 2.75) is 44.7 Å². The molecule has 1 amide bonds. The Balaban J connectivity index is 1.84. The average Bonchev–Trinajstić information content (AvgIpc) is 3.09. The first kappa shape index (κ1) is 15.6. The lowest BCUT2D eigenvalue weighted by Crippen LogP contribution is -2.41. The fraction of sp³-hybridized carbons (Fsp3) is 0.600. The molecule has 1 aromatic rings. The van der Waals surface area contributed by atoms with E-state index in [1.54, 1.807) is 17.2 Å². The molecule has 21 heavy (non-hydrogen) atoms. The summed E-state index contributed by atoms with van der Waals surface area (Å²) >= 11 is 0. The van der Waals surface area contributed by atoms with Crippen molar-refractivity contribution in [1.29, 1.82) is 0 Å². The van der Waals surface area contributed by atoms with Gasteiger partial charge in [-0.3, -0.25) is 14.5 Å². The van der Waals surface area contributed by atoms with Crippen LogP contribution in [-0.4, -0.2) is 41.0 Å². The van der Waals surface area contributed by atoms with Gasteiger partial charge in [0.25, 0.3) is 0 Å². The third-order valence-corrected chi connectivity index (χ3v) is 3.69. The zero-order valence-corrected chi connectivity index (χ0v) is 12.1. The molecule has 0 atom stereocenters. The monoisotopic (exact) mass is 294 g/mol. The SMILES string of the molecule is O=C(O)CCN(CC(=O)NC1CCCC1)Cc1ccco1. The maximum absolute atomic E-state index is 12.1. The molecule has 2 rings (SSSR count). The summed E-state index contributed by atoms with van der Waals surface area (Å²) in [6.07, 6.45) is 6.00. The van der Waals surface area contributed by atoms with E-state index in [1.165, 1.54) is 12.8 Å². The Bertz CT molecular complexity index is 452. The number of furan rings is 1. The van der Waals surface area contributed by atoms with Gasteiger partial charge < -0.3 is 14.8 Å². The van der Waals surface area contributed by atoms with E-state index in [2.05, 4.69) is 5.32 Å².